The molecule has 0 fully saturated rings. The van der Waals surface area contributed by atoms with Crippen molar-refractivity contribution in [2.24, 2.45) is 5.92 Å². The summed E-state index contributed by atoms with van der Waals surface area (Å²) in [4.78, 5) is 0. The predicted octanol–water partition coefficient (Wildman–Crippen LogP) is 0.643. The van der Waals surface area contributed by atoms with E-state index in [9.17, 15) is 0 Å². The summed E-state index contributed by atoms with van der Waals surface area (Å²) >= 11 is 0. The molecule has 0 amide bonds. The average molecular weight is 220 g/mol. The highest BCUT2D eigenvalue weighted by atomic mass is 16.4. The van der Waals surface area contributed by atoms with Crippen molar-refractivity contribution in [1.82, 2.24) is 0 Å². The van der Waals surface area contributed by atoms with Gasteiger partial charge in [0.1, 0.15) is 0 Å². The van der Waals surface area contributed by atoms with E-state index in [0.29, 0.717) is 12.2 Å². The molecular weight excluding hydrogens is 195 g/mol. The van der Waals surface area contributed by atoms with E-state index in [0.717, 1.165) is 0 Å². The minimum atomic E-state index is -1.13. The smallest absolute Gasteiger partial charge is 0.427 e. The monoisotopic (exact) mass is 220 g/mol. The molecule has 0 radical (unpaired) electrons. The zero-order valence-corrected chi connectivity index (χ0v) is 10.7. The lowest BCUT2D eigenvalue weighted by molar-refractivity contribution is -0.107. The SMILES string of the molecule is CC(C)(O)C(C)(C)O.CC(C)CB(O)O. The first-order chi connectivity index (χ1) is 6.38. The minimum Gasteiger partial charge on any atom is -0.427 e. The predicted molar refractivity (Wildman–Crippen MR) is 62.4 cm³/mol. The van der Waals surface area contributed by atoms with Gasteiger partial charge >= 0.3 is 7.12 Å². The van der Waals surface area contributed by atoms with Gasteiger partial charge in [-0.15, -0.1) is 0 Å². The fourth-order valence-electron chi connectivity index (χ4n) is 0.422. The van der Waals surface area contributed by atoms with Crippen molar-refractivity contribution in [3.63, 3.8) is 0 Å². The highest BCUT2D eigenvalue weighted by Crippen LogP contribution is 2.19. The first kappa shape index (κ1) is 17.3. The Balaban J connectivity index is 0. The lowest BCUT2D eigenvalue weighted by Gasteiger charge is -2.31. The van der Waals surface area contributed by atoms with Gasteiger partial charge in [0.2, 0.25) is 0 Å². The van der Waals surface area contributed by atoms with Crippen LogP contribution in [0.2, 0.25) is 6.32 Å². The lowest BCUT2D eigenvalue weighted by atomic mass is 9.80. The van der Waals surface area contributed by atoms with Gasteiger partial charge in [-0.2, -0.15) is 0 Å². The van der Waals surface area contributed by atoms with Gasteiger partial charge in [0, 0.05) is 0 Å². The molecule has 4 N–H and O–H groups in total. The summed E-state index contributed by atoms with van der Waals surface area (Å²) in [6.07, 6.45) is 0.472. The van der Waals surface area contributed by atoms with Gasteiger partial charge in [0.15, 0.2) is 0 Å². The van der Waals surface area contributed by atoms with Crippen LogP contribution in [0.4, 0.5) is 0 Å². The van der Waals surface area contributed by atoms with Crippen LogP contribution in [0.15, 0.2) is 0 Å². The average Bonchev–Trinajstić information content (AvgIpc) is 1.78. The van der Waals surface area contributed by atoms with Crippen LogP contribution in [0, 0.1) is 5.92 Å². The fourth-order valence-corrected chi connectivity index (χ4v) is 0.422. The highest BCUT2D eigenvalue weighted by Gasteiger charge is 2.31. The zero-order valence-electron chi connectivity index (χ0n) is 10.7. The Kier molecular flexibility index (Phi) is 7.47. The largest absolute Gasteiger partial charge is 0.451 e. The van der Waals surface area contributed by atoms with Crippen molar-refractivity contribution >= 4 is 7.12 Å². The molecule has 0 aromatic carbocycles. The third kappa shape index (κ3) is 11.8. The van der Waals surface area contributed by atoms with Crippen molar-refractivity contribution < 1.29 is 20.3 Å². The van der Waals surface area contributed by atoms with Crippen molar-refractivity contribution in [3.05, 3.63) is 0 Å². The molecule has 0 bridgehead atoms. The molecule has 0 aromatic rings. The van der Waals surface area contributed by atoms with Crippen LogP contribution in [-0.4, -0.2) is 38.6 Å². The third-order valence-corrected chi connectivity index (χ3v) is 2.18. The van der Waals surface area contributed by atoms with Gasteiger partial charge in [-0.3, -0.25) is 0 Å². The Morgan fingerprint density at radius 3 is 1.20 bits per heavy atom. The zero-order chi connectivity index (χ0) is 12.9. The van der Waals surface area contributed by atoms with E-state index < -0.39 is 18.3 Å². The van der Waals surface area contributed by atoms with Gasteiger partial charge in [0.05, 0.1) is 11.2 Å². The standard InChI is InChI=1S/C6H14O2.C4H11BO2/c1-5(2,7)6(3,4)8;1-4(2)3-5(6)7/h7-8H,1-4H3;4,6-7H,3H2,1-2H3. The maximum Gasteiger partial charge on any atom is 0.451 e. The van der Waals surface area contributed by atoms with Crippen molar-refractivity contribution in [3.8, 4) is 0 Å². The summed E-state index contributed by atoms with van der Waals surface area (Å²) in [6.45, 7) is 10.2. The Labute approximate surface area is 93.1 Å². The number of rotatable bonds is 3. The second-order valence-electron chi connectivity index (χ2n) is 5.23. The molecule has 92 valence electrons. The molecule has 0 saturated carbocycles. The van der Waals surface area contributed by atoms with E-state index in [2.05, 4.69) is 0 Å². The summed E-state index contributed by atoms with van der Waals surface area (Å²) in [6, 6.07) is 0. The molecule has 5 heteroatoms. The normalized spacial score (nSPS) is 12.2. The van der Waals surface area contributed by atoms with E-state index >= 15 is 0 Å². The summed E-state index contributed by atoms with van der Waals surface area (Å²) < 4.78 is 0. The summed E-state index contributed by atoms with van der Waals surface area (Å²) in [7, 11) is -1.13. The molecule has 0 rings (SSSR count). The van der Waals surface area contributed by atoms with Crippen LogP contribution in [0.1, 0.15) is 41.5 Å². The van der Waals surface area contributed by atoms with E-state index in [-0.39, 0.29) is 0 Å². The van der Waals surface area contributed by atoms with Crippen LogP contribution in [0.25, 0.3) is 0 Å². The molecule has 0 spiro atoms. The maximum atomic E-state index is 9.10. The van der Waals surface area contributed by atoms with E-state index in [1.165, 1.54) is 0 Å². The Hall–Kier alpha value is -0.0951. The van der Waals surface area contributed by atoms with Crippen molar-refractivity contribution in [2.75, 3.05) is 0 Å². The van der Waals surface area contributed by atoms with Crippen LogP contribution in [0.3, 0.4) is 0 Å². The van der Waals surface area contributed by atoms with Crippen LogP contribution in [-0.2, 0) is 0 Å². The molecule has 15 heavy (non-hydrogen) atoms. The van der Waals surface area contributed by atoms with Crippen LogP contribution in [0.5, 0.6) is 0 Å². The molecule has 0 aliphatic rings. The van der Waals surface area contributed by atoms with Crippen LogP contribution < -0.4 is 0 Å². The van der Waals surface area contributed by atoms with E-state index in [1.54, 1.807) is 27.7 Å². The third-order valence-electron chi connectivity index (χ3n) is 2.18. The summed E-state index contributed by atoms with van der Waals surface area (Å²) in [5.41, 5.74) is -2.01. The van der Waals surface area contributed by atoms with E-state index in [4.69, 9.17) is 20.3 Å². The first-order valence-corrected chi connectivity index (χ1v) is 5.18. The topological polar surface area (TPSA) is 80.9 Å². The minimum absolute atomic E-state index is 0.375. The Bertz CT molecular complexity index is 138. The molecule has 0 atom stereocenters. The van der Waals surface area contributed by atoms with Crippen LogP contribution >= 0.6 is 0 Å². The molecule has 0 aliphatic heterocycles. The number of hydrogen-bond acceptors (Lipinski definition) is 4. The van der Waals surface area contributed by atoms with E-state index in [1.807, 2.05) is 13.8 Å². The van der Waals surface area contributed by atoms with Gasteiger partial charge in [-0.25, -0.2) is 0 Å². The maximum absolute atomic E-state index is 9.10. The van der Waals surface area contributed by atoms with Gasteiger partial charge in [-0.05, 0) is 39.9 Å². The van der Waals surface area contributed by atoms with Gasteiger partial charge < -0.3 is 20.3 Å². The highest BCUT2D eigenvalue weighted by molar-refractivity contribution is 6.41. The molecule has 0 aliphatic carbocycles. The molecule has 4 nitrogen and oxygen atoms in total. The molecule has 0 aromatic heterocycles. The summed E-state index contributed by atoms with van der Waals surface area (Å²) in [5, 5.41) is 34.8. The molecule has 0 unspecified atom stereocenters. The first-order valence-electron chi connectivity index (χ1n) is 5.18. The Morgan fingerprint density at radius 1 is 0.933 bits per heavy atom. The summed E-state index contributed by atoms with van der Waals surface area (Å²) in [5.74, 6) is 0.375. The molecule has 0 heterocycles. The second kappa shape index (κ2) is 6.48. The Morgan fingerprint density at radius 2 is 1.20 bits per heavy atom. The van der Waals surface area contributed by atoms with Gasteiger partial charge in [-0.1, -0.05) is 13.8 Å². The molecule has 0 saturated heterocycles. The van der Waals surface area contributed by atoms with Crippen molar-refractivity contribution in [2.45, 2.75) is 59.1 Å². The number of aliphatic hydroxyl groups is 2. The van der Waals surface area contributed by atoms with Crippen molar-refractivity contribution in [1.29, 1.82) is 0 Å². The number of hydrogen-bond donors (Lipinski definition) is 4. The quantitative estimate of drug-likeness (QED) is 0.526. The van der Waals surface area contributed by atoms with Gasteiger partial charge in [0.25, 0.3) is 0 Å². The molecular formula is C10H25BO4. The second-order valence-corrected chi connectivity index (χ2v) is 5.23. The lowest BCUT2D eigenvalue weighted by Crippen LogP contribution is -2.44. The fraction of sp³-hybridized carbons (Fsp3) is 1.00.